The molecule has 0 saturated carbocycles. The van der Waals surface area contributed by atoms with Crippen molar-refractivity contribution in [2.45, 2.75) is 70.5 Å². The number of nitrogens with zero attached hydrogens (tertiary/aromatic N) is 1. The van der Waals surface area contributed by atoms with Crippen LogP contribution in [-0.2, 0) is 32.8 Å². The third-order valence-electron chi connectivity index (χ3n) is 7.80. The predicted octanol–water partition coefficient (Wildman–Crippen LogP) is 6.07. The molecule has 4 rings (SSSR count). The number of hydrogen-bond donors (Lipinski definition) is 1. The molecule has 206 valence electrons. The molecule has 1 N–H and O–H groups in total. The summed E-state index contributed by atoms with van der Waals surface area (Å²) in [5, 5.41) is 12.1. The molecule has 1 heterocycles. The summed E-state index contributed by atoms with van der Waals surface area (Å²) in [5.41, 5.74) is 2.52. The second-order valence-electron chi connectivity index (χ2n) is 11.4. The number of piperidine rings is 1. The lowest BCUT2D eigenvalue weighted by Crippen LogP contribution is -2.46. The van der Waals surface area contributed by atoms with E-state index in [1.807, 2.05) is 79.4 Å². The number of likely N-dealkylation sites (tertiary alicyclic amines) is 1. The number of hydrogen-bond acceptors (Lipinski definition) is 4. The minimum Gasteiger partial charge on any atom is -0.460 e. The summed E-state index contributed by atoms with van der Waals surface area (Å²) in [6.45, 7) is 6.60. The van der Waals surface area contributed by atoms with Crippen molar-refractivity contribution in [1.82, 2.24) is 4.90 Å². The zero-order chi connectivity index (χ0) is 27.9. The van der Waals surface area contributed by atoms with Crippen LogP contribution in [0.15, 0.2) is 84.9 Å². The van der Waals surface area contributed by atoms with Gasteiger partial charge in [0.2, 0.25) is 5.91 Å². The topological polar surface area (TPSA) is 66.8 Å². The highest BCUT2D eigenvalue weighted by atomic mass is 16.6. The fraction of sp³-hybridized carbons (Fsp3) is 0.412. The van der Waals surface area contributed by atoms with Gasteiger partial charge in [-0.15, -0.1) is 0 Å². The molecule has 1 fully saturated rings. The molecule has 5 heteroatoms. The smallest absolute Gasteiger partial charge is 0.303 e. The van der Waals surface area contributed by atoms with Gasteiger partial charge < -0.3 is 14.7 Å². The molecule has 0 aromatic heterocycles. The zero-order valence-electron chi connectivity index (χ0n) is 23.4. The Bertz CT molecular complexity index is 1170. The Balaban J connectivity index is 1.28. The molecule has 0 spiro atoms. The van der Waals surface area contributed by atoms with E-state index in [9.17, 15) is 14.7 Å². The maximum absolute atomic E-state index is 13.0. The molecule has 0 bridgehead atoms. The summed E-state index contributed by atoms with van der Waals surface area (Å²) < 4.78 is 5.40. The number of carbonyl (C=O) groups is 2. The standard InChI is InChI=1S/C34H41NO4/c1-26(36)39-33(2,3)25-28-19-17-27(18-20-28)11-10-16-32(37)35-23-21-31(22-24-35)34(38,29-12-6-4-7-13-29)30-14-8-5-9-15-30/h4-9,12-15,17-20,31,38H,10-11,16,21-25H2,1-3H3. The minimum absolute atomic E-state index is 0.0377. The van der Waals surface area contributed by atoms with Gasteiger partial charge in [0.05, 0.1) is 0 Å². The van der Waals surface area contributed by atoms with E-state index in [1.165, 1.54) is 12.5 Å². The number of esters is 1. The number of rotatable bonds is 10. The van der Waals surface area contributed by atoms with Crippen LogP contribution in [0.25, 0.3) is 0 Å². The van der Waals surface area contributed by atoms with Crippen molar-refractivity contribution in [2.75, 3.05) is 13.1 Å². The molecule has 3 aromatic carbocycles. The van der Waals surface area contributed by atoms with Crippen LogP contribution in [0.4, 0.5) is 0 Å². The molecule has 5 nitrogen and oxygen atoms in total. The molecule has 39 heavy (non-hydrogen) atoms. The van der Waals surface area contributed by atoms with Crippen LogP contribution in [0.2, 0.25) is 0 Å². The molecular formula is C34H41NO4. The Hall–Kier alpha value is -3.44. The number of amides is 1. The predicted molar refractivity (Wildman–Crippen MR) is 154 cm³/mol. The van der Waals surface area contributed by atoms with Gasteiger partial charge in [0.1, 0.15) is 11.2 Å². The van der Waals surface area contributed by atoms with Gasteiger partial charge in [-0.2, -0.15) is 0 Å². The Morgan fingerprint density at radius 3 is 1.87 bits per heavy atom. The van der Waals surface area contributed by atoms with E-state index >= 15 is 0 Å². The SMILES string of the molecule is CC(=O)OC(C)(C)Cc1ccc(CCCC(=O)N2CCC(C(O)(c3ccccc3)c3ccccc3)CC2)cc1. The summed E-state index contributed by atoms with van der Waals surface area (Å²) in [6, 6.07) is 28.2. The van der Waals surface area contributed by atoms with Gasteiger partial charge in [0.15, 0.2) is 0 Å². The second-order valence-corrected chi connectivity index (χ2v) is 11.4. The van der Waals surface area contributed by atoms with Crippen LogP contribution >= 0.6 is 0 Å². The van der Waals surface area contributed by atoms with Gasteiger partial charge in [0, 0.05) is 32.9 Å². The van der Waals surface area contributed by atoms with Crippen molar-refractivity contribution in [3.63, 3.8) is 0 Å². The molecule has 1 aliphatic rings. The molecule has 1 aliphatic heterocycles. The molecule has 0 atom stereocenters. The highest BCUT2D eigenvalue weighted by molar-refractivity contribution is 5.76. The van der Waals surface area contributed by atoms with Gasteiger partial charge >= 0.3 is 5.97 Å². The first kappa shape index (κ1) is 28.6. The summed E-state index contributed by atoms with van der Waals surface area (Å²) >= 11 is 0. The fourth-order valence-corrected chi connectivity index (χ4v) is 5.91. The lowest BCUT2D eigenvalue weighted by Gasteiger charge is -2.42. The molecule has 3 aromatic rings. The number of ether oxygens (including phenoxy) is 1. The van der Waals surface area contributed by atoms with Gasteiger partial charge in [-0.3, -0.25) is 9.59 Å². The highest BCUT2D eigenvalue weighted by Gasteiger charge is 2.42. The van der Waals surface area contributed by atoms with E-state index in [1.54, 1.807) is 0 Å². The maximum atomic E-state index is 13.0. The number of aliphatic hydroxyl groups is 1. The fourth-order valence-electron chi connectivity index (χ4n) is 5.91. The van der Waals surface area contributed by atoms with Crippen LogP contribution in [-0.4, -0.2) is 40.6 Å². The van der Waals surface area contributed by atoms with Gasteiger partial charge in [-0.05, 0) is 67.7 Å². The Kier molecular flexibility index (Phi) is 9.24. The Morgan fingerprint density at radius 1 is 0.846 bits per heavy atom. The second kappa shape index (κ2) is 12.6. The lowest BCUT2D eigenvalue weighted by molar-refractivity contribution is -0.153. The number of benzene rings is 3. The van der Waals surface area contributed by atoms with E-state index in [0.29, 0.717) is 25.9 Å². The van der Waals surface area contributed by atoms with Crippen molar-refractivity contribution >= 4 is 11.9 Å². The normalized spacial score (nSPS) is 14.7. The summed E-state index contributed by atoms with van der Waals surface area (Å²) in [4.78, 5) is 26.3. The largest absolute Gasteiger partial charge is 0.460 e. The molecular weight excluding hydrogens is 486 g/mol. The third-order valence-corrected chi connectivity index (χ3v) is 7.80. The third kappa shape index (κ3) is 7.36. The average Bonchev–Trinajstić information content (AvgIpc) is 2.93. The minimum atomic E-state index is -1.07. The van der Waals surface area contributed by atoms with Crippen molar-refractivity contribution in [2.24, 2.45) is 5.92 Å². The van der Waals surface area contributed by atoms with E-state index < -0.39 is 11.2 Å². The van der Waals surface area contributed by atoms with Crippen molar-refractivity contribution in [3.8, 4) is 0 Å². The van der Waals surface area contributed by atoms with Crippen LogP contribution in [0.5, 0.6) is 0 Å². The molecule has 1 amide bonds. The van der Waals surface area contributed by atoms with Crippen molar-refractivity contribution < 1.29 is 19.4 Å². The number of carbonyl (C=O) groups excluding carboxylic acids is 2. The summed E-state index contributed by atoms with van der Waals surface area (Å²) in [7, 11) is 0. The van der Waals surface area contributed by atoms with E-state index in [0.717, 1.165) is 42.4 Å². The van der Waals surface area contributed by atoms with Gasteiger partial charge in [-0.1, -0.05) is 84.9 Å². The first-order valence-electron chi connectivity index (χ1n) is 14.1. The summed E-state index contributed by atoms with van der Waals surface area (Å²) in [6.07, 6.45) is 4.35. The van der Waals surface area contributed by atoms with Crippen LogP contribution < -0.4 is 0 Å². The van der Waals surface area contributed by atoms with E-state index in [2.05, 4.69) is 24.3 Å². The first-order chi connectivity index (χ1) is 18.7. The van der Waals surface area contributed by atoms with Crippen LogP contribution in [0.3, 0.4) is 0 Å². The molecule has 1 saturated heterocycles. The van der Waals surface area contributed by atoms with Crippen LogP contribution in [0.1, 0.15) is 68.7 Å². The first-order valence-corrected chi connectivity index (χ1v) is 14.1. The molecule has 0 unspecified atom stereocenters. The van der Waals surface area contributed by atoms with Crippen LogP contribution in [0, 0.1) is 5.92 Å². The van der Waals surface area contributed by atoms with Gasteiger partial charge in [0.25, 0.3) is 0 Å². The Morgan fingerprint density at radius 2 is 1.36 bits per heavy atom. The number of aryl methyl sites for hydroxylation is 1. The Labute approximate surface area is 232 Å². The summed E-state index contributed by atoms with van der Waals surface area (Å²) in [5.74, 6) is -0.0413. The van der Waals surface area contributed by atoms with E-state index in [4.69, 9.17) is 4.74 Å². The lowest BCUT2D eigenvalue weighted by atomic mass is 9.72. The maximum Gasteiger partial charge on any atom is 0.303 e. The monoisotopic (exact) mass is 527 g/mol. The van der Waals surface area contributed by atoms with E-state index in [-0.39, 0.29) is 17.8 Å². The quantitative estimate of drug-likeness (QED) is 0.325. The molecule has 0 aliphatic carbocycles. The highest BCUT2D eigenvalue weighted by Crippen LogP contribution is 2.42. The van der Waals surface area contributed by atoms with Crippen molar-refractivity contribution in [1.29, 1.82) is 0 Å². The average molecular weight is 528 g/mol. The van der Waals surface area contributed by atoms with Gasteiger partial charge in [-0.25, -0.2) is 0 Å². The zero-order valence-corrected chi connectivity index (χ0v) is 23.4. The molecule has 0 radical (unpaired) electrons. The van der Waals surface area contributed by atoms with Crippen molar-refractivity contribution in [3.05, 3.63) is 107 Å².